The van der Waals surface area contributed by atoms with Gasteiger partial charge in [-0.2, -0.15) is 0 Å². The maximum absolute atomic E-state index is 12.1. The average Bonchev–Trinajstić information content (AvgIpc) is 2.72. The topological polar surface area (TPSA) is 109 Å². The first-order valence-corrected chi connectivity index (χ1v) is 8.76. The normalized spacial score (nSPS) is 10.1. The molecule has 0 fully saturated rings. The van der Waals surface area contributed by atoms with E-state index in [1.54, 1.807) is 62.7 Å². The minimum absolute atomic E-state index is 0.0680. The summed E-state index contributed by atoms with van der Waals surface area (Å²) in [5.74, 6) is -0.593. The van der Waals surface area contributed by atoms with Crippen molar-refractivity contribution in [2.24, 2.45) is 0 Å². The number of carbonyl (C=O) groups excluding carboxylic acids is 3. The number of hydrogen-bond donors (Lipinski definition) is 4. The van der Waals surface area contributed by atoms with Crippen molar-refractivity contribution in [1.29, 1.82) is 0 Å². The summed E-state index contributed by atoms with van der Waals surface area (Å²) < 4.78 is 4.88. The molecule has 28 heavy (non-hydrogen) atoms. The van der Waals surface area contributed by atoms with Crippen molar-refractivity contribution in [1.82, 2.24) is 10.6 Å². The van der Waals surface area contributed by atoms with Crippen LogP contribution in [-0.4, -0.2) is 51.6 Å². The maximum Gasteiger partial charge on any atom is 0.251 e. The van der Waals surface area contributed by atoms with Gasteiger partial charge in [0.15, 0.2) is 0 Å². The summed E-state index contributed by atoms with van der Waals surface area (Å²) in [5.41, 5.74) is 2.37. The van der Waals surface area contributed by atoms with Gasteiger partial charge in [0.25, 0.3) is 11.8 Å². The Balaban J connectivity index is 1.81. The highest BCUT2D eigenvalue weighted by Crippen LogP contribution is 2.11. The fourth-order valence-corrected chi connectivity index (χ4v) is 2.34. The van der Waals surface area contributed by atoms with Crippen molar-refractivity contribution in [2.75, 3.05) is 44.5 Å². The molecule has 0 unspecified atom stereocenters. The molecule has 0 saturated heterocycles. The van der Waals surface area contributed by atoms with Gasteiger partial charge in [-0.05, 0) is 48.5 Å². The third-order valence-corrected chi connectivity index (χ3v) is 3.85. The summed E-state index contributed by atoms with van der Waals surface area (Å²) >= 11 is 0. The van der Waals surface area contributed by atoms with Gasteiger partial charge in [-0.3, -0.25) is 14.4 Å². The van der Waals surface area contributed by atoms with Crippen LogP contribution in [0.5, 0.6) is 0 Å². The van der Waals surface area contributed by atoms with Gasteiger partial charge in [0.2, 0.25) is 5.91 Å². The Kier molecular flexibility index (Phi) is 7.98. The van der Waals surface area contributed by atoms with E-state index >= 15 is 0 Å². The standard InChI is InChI=1S/C20H24N4O4/c1-21-19(26)14-3-7-16(8-4-14)23-13-18(25)24-17-9-5-15(6-10-17)20(27)22-11-12-28-2/h3-10,23H,11-13H2,1-2H3,(H,21,26)(H,22,27)(H,24,25). The van der Waals surface area contributed by atoms with Crippen molar-refractivity contribution < 1.29 is 19.1 Å². The summed E-state index contributed by atoms with van der Waals surface area (Å²) in [4.78, 5) is 35.5. The first kappa shape index (κ1) is 20.9. The van der Waals surface area contributed by atoms with E-state index in [1.165, 1.54) is 0 Å². The molecule has 0 aliphatic rings. The number of rotatable bonds is 9. The molecular weight excluding hydrogens is 360 g/mol. The minimum atomic E-state index is -0.229. The number of hydrogen-bond acceptors (Lipinski definition) is 5. The molecule has 2 rings (SSSR count). The lowest BCUT2D eigenvalue weighted by molar-refractivity contribution is -0.114. The summed E-state index contributed by atoms with van der Waals surface area (Å²) in [6.07, 6.45) is 0. The fourth-order valence-electron chi connectivity index (χ4n) is 2.34. The highest BCUT2D eigenvalue weighted by atomic mass is 16.5. The Morgan fingerprint density at radius 1 is 0.857 bits per heavy atom. The molecule has 8 nitrogen and oxygen atoms in total. The van der Waals surface area contributed by atoms with Crippen LogP contribution >= 0.6 is 0 Å². The third kappa shape index (κ3) is 6.40. The molecule has 0 saturated carbocycles. The van der Waals surface area contributed by atoms with Gasteiger partial charge in [0, 0.05) is 43.2 Å². The SMILES string of the molecule is CNC(=O)c1ccc(NCC(=O)Nc2ccc(C(=O)NCCOC)cc2)cc1. The summed E-state index contributed by atoms with van der Waals surface area (Å²) in [6, 6.07) is 13.4. The summed E-state index contributed by atoms with van der Waals surface area (Å²) in [5, 5.41) is 11.0. The van der Waals surface area contributed by atoms with E-state index in [0.717, 1.165) is 5.69 Å². The molecule has 0 aromatic heterocycles. The van der Waals surface area contributed by atoms with Crippen molar-refractivity contribution in [3.63, 3.8) is 0 Å². The third-order valence-electron chi connectivity index (χ3n) is 3.85. The molecule has 0 bridgehead atoms. The van der Waals surface area contributed by atoms with Crippen molar-refractivity contribution in [3.05, 3.63) is 59.7 Å². The second kappa shape index (κ2) is 10.7. The maximum atomic E-state index is 12.1. The molecule has 148 valence electrons. The van der Waals surface area contributed by atoms with E-state index in [-0.39, 0.29) is 24.3 Å². The number of carbonyl (C=O) groups is 3. The molecule has 8 heteroatoms. The molecule has 0 spiro atoms. The molecule has 2 aromatic rings. The first-order chi connectivity index (χ1) is 13.5. The van der Waals surface area contributed by atoms with Gasteiger partial charge >= 0.3 is 0 Å². The zero-order chi connectivity index (χ0) is 20.4. The lowest BCUT2D eigenvalue weighted by Crippen LogP contribution is -2.27. The molecular formula is C20H24N4O4. The molecule has 3 amide bonds. The molecule has 2 aromatic carbocycles. The average molecular weight is 384 g/mol. The van der Waals surface area contributed by atoms with Gasteiger partial charge in [0.1, 0.15) is 0 Å². The van der Waals surface area contributed by atoms with Crippen molar-refractivity contribution >= 4 is 29.1 Å². The highest BCUT2D eigenvalue weighted by Gasteiger charge is 2.07. The Morgan fingerprint density at radius 3 is 2.00 bits per heavy atom. The number of amides is 3. The van der Waals surface area contributed by atoms with E-state index < -0.39 is 0 Å². The largest absolute Gasteiger partial charge is 0.383 e. The van der Waals surface area contributed by atoms with Crippen molar-refractivity contribution in [2.45, 2.75) is 0 Å². The van der Waals surface area contributed by atoms with Crippen LogP contribution in [0.25, 0.3) is 0 Å². The van der Waals surface area contributed by atoms with E-state index in [2.05, 4.69) is 21.3 Å². The summed E-state index contributed by atoms with van der Waals surface area (Å²) in [6.45, 7) is 0.948. The van der Waals surface area contributed by atoms with Crippen LogP contribution in [0.4, 0.5) is 11.4 Å². The van der Waals surface area contributed by atoms with E-state index in [0.29, 0.717) is 30.0 Å². The molecule has 4 N–H and O–H groups in total. The van der Waals surface area contributed by atoms with Crippen LogP contribution < -0.4 is 21.3 Å². The van der Waals surface area contributed by atoms with Crippen LogP contribution in [0.15, 0.2) is 48.5 Å². The fraction of sp³-hybridized carbons (Fsp3) is 0.250. The van der Waals surface area contributed by atoms with Crippen LogP contribution in [0.1, 0.15) is 20.7 Å². The monoisotopic (exact) mass is 384 g/mol. The second-order valence-electron chi connectivity index (χ2n) is 5.88. The van der Waals surface area contributed by atoms with Gasteiger partial charge in [-0.1, -0.05) is 0 Å². The minimum Gasteiger partial charge on any atom is -0.383 e. The predicted molar refractivity (Wildman–Crippen MR) is 108 cm³/mol. The van der Waals surface area contributed by atoms with E-state index in [1.807, 2.05) is 0 Å². The van der Waals surface area contributed by atoms with E-state index in [4.69, 9.17) is 4.74 Å². The number of nitrogens with one attached hydrogen (secondary N) is 4. The van der Waals surface area contributed by atoms with Gasteiger partial charge < -0.3 is 26.0 Å². The van der Waals surface area contributed by atoms with Gasteiger partial charge in [-0.25, -0.2) is 0 Å². The van der Waals surface area contributed by atoms with Crippen LogP contribution in [0.3, 0.4) is 0 Å². The van der Waals surface area contributed by atoms with Gasteiger partial charge in [-0.15, -0.1) is 0 Å². The summed E-state index contributed by atoms with van der Waals surface area (Å²) in [7, 11) is 3.14. The lowest BCUT2D eigenvalue weighted by Gasteiger charge is -2.09. The van der Waals surface area contributed by atoms with Crippen LogP contribution in [0.2, 0.25) is 0 Å². The number of ether oxygens (including phenoxy) is 1. The quantitative estimate of drug-likeness (QED) is 0.490. The predicted octanol–water partition coefficient (Wildman–Crippen LogP) is 1.47. The molecule has 0 radical (unpaired) electrons. The molecule has 0 atom stereocenters. The van der Waals surface area contributed by atoms with Crippen molar-refractivity contribution in [3.8, 4) is 0 Å². The molecule has 0 aliphatic heterocycles. The Hall–Kier alpha value is -3.39. The Morgan fingerprint density at radius 2 is 1.43 bits per heavy atom. The number of benzene rings is 2. The van der Waals surface area contributed by atoms with E-state index in [9.17, 15) is 14.4 Å². The highest BCUT2D eigenvalue weighted by molar-refractivity contribution is 5.97. The molecule has 0 aliphatic carbocycles. The zero-order valence-electron chi connectivity index (χ0n) is 15.9. The first-order valence-electron chi connectivity index (χ1n) is 8.76. The smallest absolute Gasteiger partial charge is 0.251 e. The van der Waals surface area contributed by atoms with Gasteiger partial charge in [0.05, 0.1) is 13.2 Å². The van der Waals surface area contributed by atoms with Crippen LogP contribution in [0, 0.1) is 0 Å². The second-order valence-corrected chi connectivity index (χ2v) is 5.88. The van der Waals surface area contributed by atoms with Crippen LogP contribution in [-0.2, 0) is 9.53 Å². The lowest BCUT2D eigenvalue weighted by atomic mass is 10.2. The number of anilines is 2. The zero-order valence-corrected chi connectivity index (χ0v) is 15.9. The number of methoxy groups -OCH3 is 1. The Bertz CT molecular complexity index is 804. The molecule has 0 heterocycles. The Labute approximate surface area is 163 Å².